The van der Waals surface area contributed by atoms with Crippen LogP contribution >= 0.6 is 11.3 Å². The number of fused-ring (bicyclic) bond motifs is 7. The summed E-state index contributed by atoms with van der Waals surface area (Å²) in [6.07, 6.45) is 3.82. The van der Waals surface area contributed by atoms with Crippen LogP contribution in [-0.2, 0) is 0 Å². The largest absolute Gasteiger partial charge is 0.309 e. The van der Waals surface area contributed by atoms with Gasteiger partial charge in [-0.15, -0.1) is 11.3 Å². The molecule has 0 fully saturated rings. The summed E-state index contributed by atoms with van der Waals surface area (Å²) in [4.78, 5) is 5.15. The van der Waals surface area contributed by atoms with E-state index in [1.54, 1.807) is 6.20 Å². The van der Waals surface area contributed by atoms with Crippen molar-refractivity contribution in [2.45, 2.75) is 6.92 Å². The molecule has 10 rings (SSSR count). The molecular formula is C48H33N3S. The van der Waals surface area contributed by atoms with Gasteiger partial charge in [-0.2, -0.15) is 0 Å². The molecule has 7 aromatic carbocycles. The summed E-state index contributed by atoms with van der Waals surface area (Å²) in [6, 6.07) is 57.6. The minimum absolute atomic E-state index is 1.14. The predicted octanol–water partition coefficient (Wildman–Crippen LogP) is 13.4. The molecule has 0 aliphatic heterocycles. The predicted molar refractivity (Wildman–Crippen MR) is 225 cm³/mol. The lowest BCUT2D eigenvalue weighted by molar-refractivity contribution is 1.17. The lowest BCUT2D eigenvalue weighted by Gasteiger charge is -2.12. The van der Waals surface area contributed by atoms with Crippen LogP contribution in [0.3, 0.4) is 0 Å². The van der Waals surface area contributed by atoms with Crippen LogP contribution in [0.25, 0.3) is 93.4 Å². The summed E-state index contributed by atoms with van der Waals surface area (Å²) in [5.41, 5.74) is 13.2. The standard InChI is InChI=1S/C48H33N3S/c1-31-37-19-11-20-38(48(37)52-47(31)26-27-49-2)34-14-9-12-32(28-34)33-13-10-15-35(29-33)50-45-23-8-5-18-41(45)42-30-36(24-25-46(42)50)51-43-21-6-3-16-39(43)40-17-4-7-22-44(40)51/h3-30H,2H2,1H3. The number of rotatable bonds is 6. The lowest BCUT2D eigenvalue weighted by Crippen LogP contribution is -1.96. The van der Waals surface area contributed by atoms with Crippen molar-refractivity contribution in [3.63, 3.8) is 0 Å². The summed E-state index contributed by atoms with van der Waals surface area (Å²) in [5, 5.41) is 6.30. The zero-order valence-electron chi connectivity index (χ0n) is 28.6. The highest BCUT2D eigenvalue weighted by molar-refractivity contribution is 7.20. The van der Waals surface area contributed by atoms with Crippen molar-refractivity contribution in [3.8, 4) is 33.6 Å². The molecular weight excluding hydrogens is 651 g/mol. The van der Waals surface area contributed by atoms with Gasteiger partial charge in [0.15, 0.2) is 0 Å². The zero-order chi connectivity index (χ0) is 34.8. The van der Waals surface area contributed by atoms with E-state index < -0.39 is 0 Å². The van der Waals surface area contributed by atoms with Crippen LogP contribution in [-0.4, -0.2) is 15.9 Å². The summed E-state index contributed by atoms with van der Waals surface area (Å²) < 4.78 is 6.11. The maximum Gasteiger partial charge on any atom is 0.0542 e. The van der Waals surface area contributed by atoms with Gasteiger partial charge in [0.25, 0.3) is 0 Å². The molecule has 3 nitrogen and oxygen atoms in total. The maximum absolute atomic E-state index is 3.93. The molecule has 0 spiro atoms. The highest BCUT2D eigenvalue weighted by Crippen LogP contribution is 2.41. The molecule has 0 amide bonds. The number of hydrogen-bond donors (Lipinski definition) is 0. The Labute approximate surface area is 305 Å². The van der Waals surface area contributed by atoms with Crippen molar-refractivity contribution in [3.05, 3.63) is 174 Å². The fourth-order valence-electron chi connectivity index (χ4n) is 8.04. The van der Waals surface area contributed by atoms with Crippen LogP contribution in [0.4, 0.5) is 0 Å². The molecule has 3 heterocycles. The number of aromatic nitrogens is 2. The molecule has 0 atom stereocenters. The SMILES string of the molecule is C=NC=Cc1sc2c(-c3cccc(-c4cccc(-n5c6ccccc6c6cc(-n7c8ccccc8c8ccccc87)ccc65)c4)c3)cccc2c1C. The third-order valence-electron chi connectivity index (χ3n) is 10.4. The van der Waals surface area contributed by atoms with Crippen molar-refractivity contribution >= 4 is 77.8 Å². The van der Waals surface area contributed by atoms with Crippen molar-refractivity contribution in [2.24, 2.45) is 4.99 Å². The van der Waals surface area contributed by atoms with Crippen LogP contribution in [0, 0.1) is 6.92 Å². The average Bonchev–Trinajstić information content (AvgIpc) is 3.84. The molecule has 10 aromatic rings. The molecule has 0 aliphatic rings. The molecule has 0 radical (unpaired) electrons. The molecule has 3 aromatic heterocycles. The Bertz CT molecular complexity index is 3010. The van der Waals surface area contributed by atoms with E-state index in [-0.39, 0.29) is 0 Å². The van der Waals surface area contributed by atoms with Gasteiger partial charge in [-0.1, -0.05) is 103 Å². The lowest BCUT2D eigenvalue weighted by atomic mass is 9.97. The van der Waals surface area contributed by atoms with E-state index in [1.165, 1.54) is 86.4 Å². The van der Waals surface area contributed by atoms with Crippen molar-refractivity contribution in [1.82, 2.24) is 9.13 Å². The van der Waals surface area contributed by atoms with E-state index in [0.717, 1.165) is 11.4 Å². The number of thiophene rings is 1. The van der Waals surface area contributed by atoms with Gasteiger partial charge in [0.1, 0.15) is 0 Å². The number of para-hydroxylation sites is 3. The fraction of sp³-hybridized carbons (Fsp3) is 0.0208. The first kappa shape index (κ1) is 30.3. The van der Waals surface area contributed by atoms with Crippen molar-refractivity contribution < 1.29 is 0 Å². The van der Waals surface area contributed by atoms with Gasteiger partial charge in [-0.05, 0) is 108 Å². The van der Waals surface area contributed by atoms with Gasteiger partial charge in [0, 0.05) is 48.7 Å². The van der Waals surface area contributed by atoms with E-state index in [9.17, 15) is 0 Å². The molecule has 0 bridgehead atoms. The molecule has 0 aliphatic carbocycles. The summed E-state index contributed by atoms with van der Waals surface area (Å²) in [5.74, 6) is 0. The van der Waals surface area contributed by atoms with E-state index in [0.29, 0.717) is 0 Å². The van der Waals surface area contributed by atoms with Crippen LogP contribution < -0.4 is 0 Å². The summed E-state index contributed by atoms with van der Waals surface area (Å²) in [6.45, 7) is 5.80. The summed E-state index contributed by atoms with van der Waals surface area (Å²) in [7, 11) is 0. The molecule has 52 heavy (non-hydrogen) atoms. The molecule has 4 heteroatoms. The molecule has 246 valence electrons. The summed E-state index contributed by atoms with van der Waals surface area (Å²) >= 11 is 1.81. The molecule has 0 saturated carbocycles. The van der Waals surface area contributed by atoms with Crippen molar-refractivity contribution in [2.75, 3.05) is 0 Å². The van der Waals surface area contributed by atoms with E-state index in [4.69, 9.17) is 0 Å². The Hall–Kier alpha value is -6.49. The Kier molecular flexibility index (Phi) is 7.05. The monoisotopic (exact) mass is 683 g/mol. The molecule has 0 saturated heterocycles. The maximum atomic E-state index is 3.93. The zero-order valence-corrected chi connectivity index (χ0v) is 29.4. The quantitative estimate of drug-likeness (QED) is 0.156. The smallest absolute Gasteiger partial charge is 0.0542 e. The normalized spacial score (nSPS) is 11.9. The second-order valence-electron chi connectivity index (χ2n) is 13.3. The van der Waals surface area contributed by atoms with E-state index >= 15 is 0 Å². The Balaban J connectivity index is 1.10. The second-order valence-corrected chi connectivity index (χ2v) is 14.4. The Morgan fingerprint density at radius 1 is 0.500 bits per heavy atom. The topological polar surface area (TPSA) is 22.2 Å². The van der Waals surface area contributed by atoms with E-state index in [1.807, 2.05) is 11.3 Å². The first-order valence-electron chi connectivity index (χ1n) is 17.6. The van der Waals surface area contributed by atoms with Crippen LogP contribution in [0.2, 0.25) is 0 Å². The first-order chi connectivity index (χ1) is 25.7. The van der Waals surface area contributed by atoms with Crippen molar-refractivity contribution in [1.29, 1.82) is 0 Å². The Morgan fingerprint density at radius 2 is 1.04 bits per heavy atom. The number of hydrogen-bond acceptors (Lipinski definition) is 2. The Morgan fingerprint density at radius 3 is 1.73 bits per heavy atom. The van der Waals surface area contributed by atoms with Gasteiger partial charge in [0.2, 0.25) is 0 Å². The minimum Gasteiger partial charge on any atom is -0.309 e. The first-order valence-corrected chi connectivity index (χ1v) is 18.4. The molecule has 0 N–H and O–H groups in total. The van der Waals surface area contributed by atoms with Gasteiger partial charge in [-0.25, -0.2) is 0 Å². The highest BCUT2D eigenvalue weighted by atomic mass is 32.1. The number of nitrogens with zero attached hydrogens (tertiary/aromatic N) is 3. The van der Waals surface area contributed by atoms with E-state index in [2.05, 4.69) is 192 Å². The van der Waals surface area contributed by atoms with Crippen LogP contribution in [0.5, 0.6) is 0 Å². The van der Waals surface area contributed by atoms with Crippen LogP contribution in [0.1, 0.15) is 10.4 Å². The fourth-order valence-corrected chi connectivity index (χ4v) is 9.28. The average molecular weight is 684 g/mol. The second kappa shape index (κ2) is 12.1. The van der Waals surface area contributed by atoms with Gasteiger partial charge >= 0.3 is 0 Å². The number of benzene rings is 7. The van der Waals surface area contributed by atoms with Crippen LogP contribution in [0.15, 0.2) is 169 Å². The van der Waals surface area contributed by atoms with Gasteiger partial charge < -0.3 is 9.13 Å². The number of aryl methyl sites for hydroxylation is 1. The van der Waals surface area contributed by atoms with Gasteiger partial charge in [0.05, 0.1) is 22.1 Å². The minimum atomic E-state index is 1.14. The number of aliphatic imine (C=N–C) groups is 1. The van der Waals surface area contributed by atoms with Gasteiger partial charge in [-0.3, -0.25) is 4.99 Å². The third-order valence-corrected chi connectivity index (χ3v) is 11.7. The third kappa shape index (κ3) is 4.69. The molecule has 0 unspecified atom stereocenters. The highest BCUT2D eigenvalue weighted by Gasteiger charge is 2.17.